The van der Waals surface area contributed by atoms with Gasteiger partial charge in [0.1, 0.15) is 18.5 Å². The Hall–Kier alpha value is -1.73. The molecule has 7 nitrogen and oxygen atoms in total. The normalized spacial score (nSPS) is 22.6. The van der Waals surface area contributed by atoms with Crippen LogP contribution in [-0.2, 0) is 24.4 Å². The van der Waals surface area contributed by atoms with Gasteiger partial charge in [0.25, 0.3) is 0 Å². The molecule has 0 aliphatic carbocycles. The molecule has 2 aromatic rings. The van der Waals surface area contributed by atoms with Gasteiger partial charge in [-0.25, -0.2) is 14.6 Å². The monoisotopic (exact) mass is 288 g/mol. The second-order valence-electron chi connectivity index (χ2n) is 5.90. The van der Waals surface area contributed by atoms with Gasteiger partial charge in [-0.2, -0.15) is 5.10 Å². The quantitative estimate of drug-likeness (QED) is 0.814. The lowest BCUT2D eigenvalue weighted by molar-refractivity contribution is 0.152. The van der Waals surface area contributed by atoms with E-state index < -0.39 is 0 Å². The van der Waals surface area contributed by atoms with E-state index in [2.05, 4.69) is 25.7 Å². The van der Waals surface area contributed by atoms with Crippen molar-refractivity contribution in [2.45, 2.75) is 26.1 Å². The van der Waals surface area contributed by atoms with E-state index in [-0.39, 0.29) is 0 Å². The van der Waals surface area contributed by atoms with Gasteiger partial charge in [-0.05, 0) is 12.3 Å². The maximum Gasteiger partial charge on any atom is 0.137 e. The average molecular weight is 288 g/mol. The summed E-state index contributed by atoms with van der Waals surface area (Å²) in [5.41, 5.74) is 1.06. The molecule has 0 N–H and O–H groups in total. The summed E-state index contributed by atoms with van der Waals surface area (Å²) in [6.45, 7) is 6.73. The van der Waals surface area contributed by atoms with Gasteiger partial charge in [-0.15, -0.1) is 0 Å². The third-order valence-corrected chi connectivity index (χ3v) is 4.26. The molecule has 4 rings (SSSR count). The molecule has 1 atom stereocenters. The first-order valence-electron chi connectivity index (χ1n) is 7.54. The fourth-order valence-corrected chi connectivity index (χ4v) is 3.17. The largest absolute Gasteiger partial charge is 0.381 e. The zero-order valence-electron chi connectivity index (χ0n) is 12.1. The zero-order chi connectivity index (χ0) is 14.1. The first kappa shape index (κ1) is 13.0. The number of ether oxygens (including phenoxy) is 1. The van der Waals surface area contributed by atoms with Crippen LogP contribution in [0.2, 0.25) is 0 Å². The van der Waals surface area contributed by atoms with E-state index in [1.165, 1.54) is 6.42 Å². The second-order valence-corrected chi connectivity index (χ2v) is 5.90. The van der Waals surface area contributed by atoms with Gasteiger partial charge in [-0.3, -0.25) is 4.90 Å². The Morgan fingerprint density at radius 2 is 2.33 bits per heavy atom. The van der Waals surface area contributed by atoms with Crippen LogP contribution in [0.4, 0.5) is 0 Å². The van der Waals surface area contributed by atoms with Crippen molar-refractivity contribution in [3.63, 3.8) is 0 Å². The molecule has 2 aromatic heterocycles. The van der Waals surface area contributed by atoms with E-state index in [4.69, 9.17) is 9.72 Å². The minimum Gasteiger partial charge on any atom is -0.381 e. The van der Waals surface area contributed by atoms with Crippen molar-refractivity contribution >= 4 is 0 Å². The summed E-state index contributed by atoms with van der Waals surface area (Å²) in [7, 11) is 0. The van der Waals surface area contributed by atoms with Gasteiger partial charge in [0.15, 0.2) is 0 Å². The average Bonchev–Trinajstić information content (AvgIpc) is 3.19. The Morgan fingerprint density at radius 1 is 1.33 bits per heavy atom. The van der Waals surface area contributed by atoms with E-state index in [0.717, 1.165) is 50.9 Å². The topological polar surface area (TPSA) is 61.0 Å². The Labute approximate surface area is 123 Å². The summed E-state index contributed by atoms with van der Waals surface area (Å²) < 4.78 is 9.55. The first-order valence-corrected chi connectivity index (χ1v) is 7.54. The van der Waals surface area contributed by atoms with Crippen molar-refractivity contribution in [3.05, 3.63) is 30.4 Å². The molecule has 7 heteroatoms. The summed E-state index contributed by atoms with van der Waals surface area (Å²) in [4.78, 5) is 11.2. The third-order valence-electron chi connectivity index (χ3n) is 4.26. The molecule has 0 spiro atoms. The molecule has 1 saturated heterocycles. The Morgan fingerprint density at radius 3 is 3.14 bits per heavy atom. The number of rotatable bonds is 4. The smallest absolute Gasteiger partial charge is 0.137 e. The lowest BCUT2D eigenvalue weighted by Crippen LogP contribution is -2.37. The molecule has 112 valence electrons. The van der Waals surface area contributed by atoms with E-state index in [0.29, 0.717) is 12.5 Å². The van der Waals surface area contributed by atoms with Crippen molar-refractivity contribution in [2.75, 3.05) is 26.3 Å². The van der Waals surface area contributed by atoms with Crippen LogP contribution < -0.4 is 0 Å². The van der Waals surface area contributed by atoms with Crippen molar-refractivity contribution in [3.8, 4) is 0 Å². The number of hydrogen-bond acceptors (Lipinski definition) is 5. The molecule has 2 aliphatic rings. The molecular weight excluding hydrogens is 268 g/mol. The molecule has 21 heavy (non-hydrogen) atoms. The first-order chi connectivity index (χ1) is 10.4. The van der Waals surface area contributed by atoms with Crippen LogP contribution in [0.5, 0.6) is 0 Å². The maximum absolute atomic E-state index is 5.47. The highest BCUT2D eigenvalue weighted by Gasteiger charge is 2.23. The van der Waals surface area contributed by atoms with Crippen molar-refractivity contribution < 1.29 is 4.74 Å². The predicted molar refractivity (Wildman–Crippen MR) is 75.6 cm³/mol. The number of fused-ring (bicyclic) bond motifs is 1. The maximum atomic E-state index is 5.47. The Balaban J connectivity index is 1.41. The van der Waals surface area contributed by atoms with Gasteiger partial charge in [0.05, 0.1) is 25.4 Å². The number of imidazole rings is 1. The standard InChI is InChI=1S/C14H20N6O/c1-4-21-9-12(1)5-18-2-3-19-6-13(17-14(19)8-18)7-20-11-15-10-16-20/h6,10-12H,1-5,7-9H2. The SMILES string of the molecule is c1ncn(Cc2cn3c(n2)CN(CC2CCOC2)CC3)n1. The lowest BCUT2D eigenvalue weighted by Gasteiger charge is -2.29. The number of hydrogen-bond donors (Lipinski definition) is 0. The van der Waals surface area contributed by atoms with Crippen LogP contribution in [-0.4, -0.2) is 55.5 Å². The van der Waals surface area contributed by atoms with E-state index in [1.54, 1.807) is 12.7 Å². The molecular formula is C14H20N6O. The highest BCUT2D eigenvalue weighted by atomic mass is 16.5. The summed E-state index contributed by atoms with van der Waals surface area (Å²) in [6.07, 6.45) is 6.63. The van der Waals surface area contributed by atoms with Gasteiger partial charge >= 0.3 is 0 Å². The minimum atomic E-state index is 0.691. The van der Waals surface area contributed by atoms with Crippen LogP contribution in [0.3, 0.4) is 0 Å². The molecule has 0 radical (unpaired) electrons. The van der Waals surface area contributed by atoms with Crippen molar-refractivity contribution in [1.82, 2.24) is 29.2 Å². The fourth-order valence-electron chi connectivity index (χ4n) is 3.17. The van der Waals surface area contributed by atoms with Crippen molar-refractivity contribution in [2.24, 2.45) is 5.92 Å². The van der Waals surface area contributed by atoms with E-state index >= 15 is 0 Å². The molecule has 1 fully saturated rings. The van der Waals surface area contributed by atoms with E-state index in [9.17, 15) is 0 Å². The lowest BCUT2D eigenvalue weighted by atomic mass is 10.1. The second kappa shape index (κ2) is 5.57. The van der Waals surface area contributed by atoms with Gasteiger partial charge < -0.3 is 9.30 Å². The number of nitrogens with zero attached hydrogens (tertiary/aromatic N) is 6. The van der Waals surface area contributed by atoms with Crippen molar-refractivity contribution in [1.29, 1.82) is 0 Å². The molecule has 1 unspecified atom stereocenters. The van der Waals surface area contributed by atoms with E-state index in [1.807, 2.05) is 4.68 Å². The van der Waals surface area contributed by atoms with Crippen LogP contribution in [0.15, 0.2) is 18.9 Å². The van der Waals surface area contributed by atoms with Crippen LogP contribution in [0, 0.1) is 5.92 Å². The minimum absolute atomic E-state index is 0.691. The van der Waals surface area contributed by atoms with Crippen LogP contribution in [0.25, 0.3) is 0 Å². The van der Waals surface area contributed by atoms with Gasteiger partial charge in [0.2, 0.25) is 0 Å². The molecule has 0 bridgehead atoms. The molecule has 2 aliphatic heterocycles. The highest BCUT2D eigenvalue weighted by Crippen LogP contribution is 2.18. The summed E-state index contributed by atoms with van der Waals surface area (Å²) in [5, 5.41) is 4.13. The molecule has 0 aromatic carbocycles. The highest BCUT2D eigenvalue weighted by molar-refractivity contribution is 5.06. The zero-order valence-corrected chi connectivity index (χ0v) is 12.1. The van der Waals surface area contributed by atoms with Crippen LogP contribution in [0.1, 0.15) is 17.9 Å². The summed E-state index contributed by atoms with van der Waals surface area (Å²) in [6, 6.07) is 0. The molecule has 0 saturated carbocycles. The van der Waals surface area contributed by atoms with Crippen LogP contribution >= 0.6 is 0 Å². The summed E-state index contributed by atoms with van der Waals surface area (Å²) in [5.74, 6) is 1.86. The Kier molecular flexibility index (Phi) is 3.44. The predicted octanol–water partition coefficient (Wildman–Crippen LogP) is 0.375. The number of aromatic nitrogens is 5. The molecule has 0 amide bonds. The third kappa shape index (κ3) is 2.84. The molecule has 4 heterocycles. The fraction of sp³-hybridized carbons (Fsp3) is 0.643. The summed E-state index contributed by atoms with van der Waals surface area (Å²) >= 11 is 0. The van der Waals surface area contributed by atoms with Gasteiger partial charge in [-0.1, -0.05) is 0 Å². The Bertz CT molecular complexity index is 587. The van der Waals surface area contributed by atoms with Gasteiger partial charge in [0, 0.05) is 32.4 Å².